The number of aromatic nitrogens is 2. The predicted octanol–water partition coefficient (Wildman–Crippen LogP) is 6.72. The smallest absolute Gasteiger partial charge is 0.0921 e. The largest absolute Gasteiger partial charge is 0.348 e. The Morgan fingerprint density at radius 2 is 1.71 bits per heavy atom. The van der Waals surface area contributed by atoms with E-state index in [2.05, 4.69) is 55.0 Å². The number of benzene rings is 1. The van der Waals surface area contributed by atoms with Crippen molar-refractivity contribution in [1.29, 1.82) is 0 Å². The molecule has 0 radical (unpaired) electrons. The van der Waals surface area contributed by atoms with Crippen molar-refractivity contribution in [2.45, 2.75) is 86.0 Å². The Labute approximate surface area is 150 Å². The minimum Gasteiger partial charge on any atom is -0.348 e. The van der Waals surface area contributed by atoms with Gasteiger partial charge in [0.25, 0.3) is 0 Å². The molecule has 24 heavy (non-hydrogen) atoms. The first-order chi connectivity index (χ1) is 11.7. The van der Waals surface area contributed by atoms with E-state index < -0.39 is 0 Å². The van der Waals surface area contributed by atoms with Crippen molar-refractivity contribution in [3.05, 3.63) is 53.6 Å². The Morgan fingerprint density at radius 3 is 2.29 bits per heavy atom. The van der Waals surface area contributed by atoms with Crippen LogP contribution in [-0.2, 0) is 18.3 Å². The maximum absolute atomic E-state index is 4.12. The minimum atomic E-state index is 0.265. The van der Waals surface area contributed by atoms with Crippen LogP contribution < -0.4 is 0 Å². The molecule has 0 saturated heterocycles. The SMILES string of the molecule is CC.CC.CC1(Cc2cnc[nH]2)CCCc2ccccc21.CCC. The first-order valence-electron chi connectivity index (χ1n) is 9.75. The lowest BCUT2D eigenvalue weighted by molar-refractivity contribution is 0.388. The fraction of sp³-hybridized carbons (Fsp3) is 0.591. The van der Waals surface area contributed by atoms with Gasteiger partial charge in [-0.05, 0) is 42.2 Å². The molecule has 3 rings (SSSR count). The van der Waals surface area contributed by atoms with Crippen LogP contribution in [-0.4, -0.2) is 9.97 Å². The second kappa shape index (κ2) is 12.8. The highest BCUT2D eigenvalue weighted by Gasteiger charge is 2.32. The van der Waals surface area contributed by atoms with Crippen LogP contribution >= 0.6 is 0 Å². The molecule has 0 fully saturated rings. The molecule has 2 aromatic rings. The lowest BCUT2D eigenvalue weighted by Gasteiger charge is -2.35. The van der Waals surface area contributed by atoms with E-state index in [1.165, 1.54) is 42.5 Å². The molecule has 1 aromatic carbocycles. The van der Waals surface area contributed by atoms with Crippen LogP contribution in [0.2, 0.25) is 0 Å². The zero-order valence-electron chi connectivity index (χ0n) is 16.9. The average Bonchev–Trinajstić information content (AvgIpc) is 3.12. The Hall–Kier alpha value is -1.57. The molecule has 1 heterocycles. The van der Waals surface area contributed by atoms with E-state index in [9.17, 15) is 0 Å². The number of hydrogen-bond acceptors (Lipinski definition) is 1. The van der Waals surface area contributed by atoms with Gasteiger partial charge in [-0.3, -0.25) is 0 Å². The third kappa shape index (κ3) is 6.51. The molecule has 2 nitrogen and oxygen atoms in total. The number of aryl methyl sites for hydroxylation is 1. The number of hydrogen-bond donors (Lipinski definition) is 1. The summed E-state index contributed by atoms with van der Waals surface area (Å²) in [5.74, 6) is 0. The van der Waals surface area contributed by atoms with Crippen LogP contribution in [0.15, 0.2) is 36.8 Å². The number of fused-ring (bicyclic) bond motifs is 1. The molecule has 0 amide bonds. The summed E-state index contributed by atoms with van der Waals surface area (Å²) in [6, 6.07) is 8.89. The second-order valence-electron chi connectivity index (χ2n) is 6.03. The molecule has 1 atom stereocenters. The van der Waals surface area contributed by atoms with Crippen LogP contribution in [0, 0.1) is 0 Å². The summed E-state index contributed by atoms with van der Waals surface area (Å²) in [7, 11) is 0. The molecule has 1 aliphatic rings. The van der Waals surface area contributed by atoms with E-state index in [4.69, 9.17) is 0 Å². The fourth-order valence-corrected chi connectivity index (χ4v) is 3.12. The summed E-state index contributed by atoms with van der Waals surface area (Å²) in [6.45, 7) is 14.6. The van der Waals surface area contributed by atoms with Crippen molar-refractivity contribution >= 4 is 0 Å². The number of H-pyrrole nitrogens is 1. The van der Waals surface area contributed by atoms with Crippen molar-refractivity contribution in [2.75, 3.05) is 0 Å². The molecule has 2 heteroatoms. The van der Waals surface area contributed by atoms with E-state index >= 15 is 0 Å². The van der Waals surface area contributed by atoms with Gasteiger partial charge in [0, 0.05) is 11.9 Å². The van der Waals surface area contributed by atoms with Crippen molar-refractivity contribution in [2.24, 2.45) is 0 Å². The highest BCUT2D eigenvalue weighted by Crippen LogP contribution is 2.39. The molecule has 1 aliphatic carbocycles. The Bertz CT molecular complexity index is 517. The van der Waals surface area contributed by atoms with Crippen LogP contribution in [0.1, 0.15) is 84.5 Å². The maximum atomic E-state index is 4.12. The van der Waals surface area contributed by atoms with Gasteiger partial charge in [0.2, 0.25) is 0 Å². The first-order valence-corrected chi connectivity index (χ1v) is 9.75. The molecule has 0 spiro atoms. The van der Waals surface area contributed by atoms with Crippen molar-refractivity contribution in [3.63, 3.8) is 0 Å². The molecule has 0 bridgehead atoms. The summed E-state index contributed by atoms with van der Waals surface area (Å²) in [6.07, 6.45) is 9.82. The fourth-order valence-electron chi connectivity index (χ4n) is 3.12. The van der Waals surface area contributed by atoms with Gasteiger partial charge in [0.15, 0.2) is 0 Å². The van der Waals surface area contributed by atoms with Crippen molar-refractivity contribution in [3.8, 4) is 0 Å². The Morgan fingerprint density at radius 1 is 1.08 bits per heavy atom. The molecule has 1 unspecified atom stereocenters. The minimum absolute atomic E-state index is 0.265. The van der Waals surface area contributed by atoms with Crippen molar-refractivity contribution < 1.29 is 0 Å². The summed E-state index contributed by atoms with van der Waals surface area (Å²) in [5.41, 5.74) is 4.56. The summed E-state index contributed by atoms with van der Waals surface area (Å²) < 4.78 is 0. The lowest BCUT2D eigenvalue weighted by atomic mass is 9.69. The third-order valence-electron chi connectivity index (χ3n) is 3.98. The van der Waals surface area contributed by atoms with Gasteiger partial charge in [-0.25, -0.2) is 4.98 Å². The van der Waals surface area contributed by atoms with E-state index in [0.717, 1.165) is 6.42 Å². The third-order valence-corrected chi connectivity index (χ3v) is 3.98. The van der Waals surface area contributed by atoms with E-state index in [1.54, 1.807) is 6.33 Å². The zero-order valence-corrected chi connectivity index (χ0v) is 16.9. The maximum Gasteiger partial charge on any atom is 0.0921 e. The van der Waals surface area contributed by atoms with Gasteiger partial charge < -0.3 is 4.98 Å². The molecule has 1 N–H and O–H groups in total. The Balaban J connectivity index is 0.000000667. The quantitative estimate of drug-likeness (QED) is 0.651. The zero-order chi connectivity index (χ0) is 18.4. The summed E-state index contributed by atoms with van der Waals surface area (Å²) in [5, 5.41) is 0. The highest BCUT2D eigenvalue weighted by atomic mass is 14.9. The summed E-state index contributed by atoms with van der Waals surface area (Å²) in [4.78, 5) is 7.35. The standard InChI is InChI=1S/C15H18N2.C3H8.2C2H6/c1-15(9-13-10-16-11-17-13)8-4-6-12-5-2-3-7-14(12)15;1-3-2;2*1-2/h2-3,5,7,10-11H,4,6,8-9H2,1H3,(H,16,17);3H2,1-2H3;2*1-2H3. The van der Waals surface area contributed by atoms with Crippen LogP contribution in [0.4, 0.5) is 0 Å². The van der Waals surface area contributed by atoms with Gasteiger partial charge in [-0.1, -0.05) is 79.2 Å². The van der Waals surface area contributed by atoms with E-state index in [0.29, 0.717) is 0 Å². The first kappa shape index (κ1) is 22.4. The van der Waals surface area contributed by atoms with E-state index in [-0.39, 0.29) is 5.41 Å². The Kier molecular flexibility index (Phi) is 12.0. The molecule has 0 aliphatic heterocycles. The van der Waals surface area contributed by atoms with Gasteiger partial charge >= 0.3 is 0 Å². The van der Waals surface area contributed by atoms with Gasteiger partial charge in [-0.15, -0.1) is 0 Å². The number of imidazole rings is 1. The molecule has 1 aromatic heterocycles. The summed E-state index contributed by atoms with van der Waals surface area (Å²) >= 11 is 0. The molecule has 0 saturated carbocycles. The average molecular weight is 331 g/mol. The molecule has 136 valence electrons. The van der Waals surface area contributed by atoms with Gasteiger partial charge in [0.05, 0.1) is 6.33 Å². The van der Waals surface area contributed by atoms with Gasteiger partial charge in [0.1, 0.15) is 0 Å². The lowest BCUT2D eigenvalue weighted by Crippen LogP contribution is -2.30. The number of nitrogens with zero attached hydrogens (tertiary/aromatic N) is 1. The monoisotopic (exact) mass is 330 g/mol. The van der Waals surface area contributed by atoms with E-state index in [1.807, 2.05) is 33.9 Å². The van der Waals surface area contributed by atoms with Crippen molar-refractivity contribution in [1.82, 2.24) is 9.97 Å². The van der Waals surface area contributed by atoms with Crippen LogP contribution in [0.25, 0.3) is 0 Å². The number of nitrogens with one attached hydrogen (secondary N) is 1. The molecular weight excluding hydrogens is 292 g/mol. The molecular formula is C22H38N2. The highest BCUT2D eigenvalue weighted by molar-refractivity contribution is 5.37. The second-order valence-corrected chi connectivity index (χ2v) is 6.03. The topological polar surface area (TPSA) is 28.7 Å². The van der Waals surface area contributed by atoms with Crippen LogP contribution in [0.3, 0.4) is 0 Å². The number of aromatic amines is 1. The number of rotatable bonds is 2. The van der Waals surface area contributed by atoms with Gasteiger partial charge in [-0.2, -0.15) is 0 Å². The normalized spacial score (nSPS) is 17.8. The van der Waals surface area contributed by atoms with Crippen LogP contribution in [0.5, 0.6) is 0 Å². The predicted molar refractivity (Wildman–Crippen MR) is 108 cm³/mol.